The van der Waals surface area contributed by atoms with E-state index in [4.69, 9.17) is 9.47 Å². The van der Waals surface area contributed by atoms with Crippen LogP contribution in [0.25, 0.3) is 11.3 Å². The Morgan fingerprint density at radius 3 is 2.61 bits per heavy atom. The van der Waals surface area contributed by atoms with E-state index in [1.807, 2.05) is 35.7 Å². The zero-order chi connectivity index (χ0) is 20.1. The first-order valence-corrected chi connectivity index (χ1v) is 9.26. The lowest BCUT2D eigenvalue weighted by Gasteiger charge is -2.13. The fourth-order valence-corrected chi connectivity index (χ4v) is 3.13. The standard InChI is InChI=1S/C20H18N2O5S/c1-12(27-19(25)14-9-6-10-16(26-2)17(14)23)18(24)22-20-21-15(11-28-20)13-7-4-3-5-8-13/h3-12,23H,1-2H3,(H,21,22,24). The van der Waals surface area contributed by atoms with Crippen LogP contribution < -0.4 is 10.1 Å². The summed E-state index contributed by atoms with van der Waals surface area (Å²) in [7, 11) is 1.37. The van der Waals surface area contributed by atoms with Crippen LogP contribution in [0.2, 0.25) is 0 Å². The third-order valence-corrected chi connectivity index (χ3v) is 4.65. The van der Waals surface area contributed by atoms with Crippen LogP contribution in [-0.2, 0) is 9.53 Å². The smallest absolute Gasteiger partial charge is 0.342 e. The number of ether oxygens (including phenoxy) is 2. The molecule has 1 amide bonds. The van der Waals surface area contributed by atoms with Crippen LogP contribution in [0.5, 0.6) is 11.5 Å². The van der Waals surface area contributed by atoms with Gasteiger partial charge in [0.15, 0.2) is 22.7 Å². The minimum Gasteiger partial charge on any atom is -0.504 e. The highest BCUT2D eigenvalue weighted by molar-refractivity contribution is 7.14. The monoisotopic (exact) mass is 398 g/mol. The second-order valence-electron chi connectivity index (χ2n) is 5.80. The Balaban J connectivity index is 1.64. The van der Waals surface area contributed by atoms with Gasteiger partial charge < -0.3 is 14.6 Å². The topological polar surface area (TPSA) is 97.8 Å². The number of nitrogens with zero attached hydrogens (tertiary/aromatic N) is 1. The summed E-state index contributed by atoms with van der Waals surface area (Å²) in [6.07, 6.45) is -1.08. The number of phenols is 1. The largest absolute Gasteiger partial charge is 0.504 e. The molecule has 28 heavy (non-hydrogen) atoms. The Morgan fingerprint density at radius 1 is 1.14 bits per heavy atom. The number of benzene rings is 2. The van der Waals surface area contributed by atoms with Crippen LogP contribution in [0.15, 0.2) is 53.9 Å². The number of hydrogen-bond donors (Lipinski definition) is 2. The number of carbonyl (C=O) groups is 2. The summed E-state index contributed by atoms with van der Waals surface area (Å²) < 4.78 is 10.1. The van der Waals surface area contributed by atoms with Gasteiger partial charge in [-0.2, -0.15) is 0 Å². The molecule has 0 saturated carbocycles. The van der Waals surface area contributed by atoms with Gasteiger partial charge in [0.05, 0.1) is 12.8 Å². The van der Waals surface area contributed by atoms with Crippen LogP contribution in [0.1, 0.15) is 17.3 Å². The molecule has 0 aliphatic rings. The van der Waals surface area contributed by atoms with Gasteiger partial charge in [0.25, 0.3) is 5.91 Å². The molecule has 7 nitrogen and oxygen atoms in total. The fourth-order valence-electron chi connectivity index (χ4n) is 2.41. The first-order valence-electron chi connectivity index (χ1n) is 8.38. The number of amides is 1. The number of aromatic hydroxyl groups is 1. The number of rotatable bonds is 6. The van der Waals surface area contributed by atoms with Crippen LogP contribution >= 0.6 is 11.3 Å². The zero-order valence-electron chi connectivity index (χ0n) is 15.2. The lowest BCUT2D eigenvalue weighted by atomic mass is 10.2. The Morgan fingerprint density at radius 2 is 1.89 bits per heavy atom. The van der Waals surface area contributed by atoms with Gasteiger partial charge in [-0.3, -0.25) is 10.1 Å². The Kier molecular flexibility index (Phi) is 5.90. The van der Waals surface area contributed by atoms with Gasteiger partial charge in [-0.25, -0.2) is 9.78 Å². The average Bonchev–Trinajstić information content (AvgIpc) is 3.17. The van der Waals surface area contributed by atoms with Crippen LogP contribution in [-0.4, -0.2) is 35.2 Å². The highest BCUT2D eigenvalue weighted by atomic mass is 32.1. The van der Waals surface area contributed by atoms with Gasteiger partial charge in [0.2, 0.25) is 0 Å². The van der Waals surface area contributed by atoms with Crippen molar-refractivity contribution in [2.24, 2.45) is 0 Å². The molecule has 1 atom stereocenters. The summed E-state index contributed by atoms with van der Waals surface area (Å²) >= 11 is 1.27. The molecule has 1 aromatic heterocycles. The van der Waals surface area contributed by atoms with Crippen molar-refractivity contribution in [2.45, 2.75) is 13.0 Å². The average molecular weight is 398 g/mol. The maximum atomic E-state index is 12.3. The highest BCUT2D eigenvalue weighted by Crippen LogP contribution is 2.30. The molecule has 0 aliphatic carbocycles. The Labute approximate surface area is 165 Å². The van der Waals surface area contributed by atoms with E-state index in [-0.39, 0.29) is 17.1 Å². The molecule has 2 aromatic carbocycles. The number of methoxy groups -OCH3 is 1. The molecule has 1 heterocycles. The summed E-state index contributed by atoms with van der Waals surface area (Å²) in [5, 5.41) is 14.9. The first-order chi connectivity index (χ1) is 13.5. The van der Waals surface area contributed by atoms with E-state index in [0.717, 1.165) is 11.3 Å². The number of anilines is 1. The summed E-state index contributed by atoms with van der Waals surface area (Å²) in [5.41, 5.74) is 1.60. The van der Waals surface area contributed by atoms with Gasteiger partial charge in [0, 0.05) is 10.9 Å². The van der Waals surface area contributed by atoms with Crippen molar-refractivity contribution < 1.29 is 24.2 Å². The summed E-state index contributed by atoms with van der Waals surface area (Å²) in [6.45, 7) is 1.44. The molecule has 0 aliphatic heterocycles. The van der Waals surface area contributed by atoms with E-state index >= 15 is 0 Å². The van der Waals surface area contributed by atoms with Crippen LogP contribution in [0, 0.1) is 0 Å². The number of nitrogens with one attached hydrogen (secondary N) is 1. The van der Waals surface area contributed by atoms with E-state index in [1.165, 1.54) is 37.5 Å². The molecule has 1 unspecified atom stereocenters. The van der Waals surface area contributed by atoms with E-state index < -0.39 is 18.0 Å². The molecular weight excluding hydrogens is 380 g/mol. The third-order valence-electron chi connectivity index (χ3n) is 3.90. The maximum Gasteiger partial charge on any atom is 0.342 e. The summed E-state index contributed by atoms with van der Waals surface area (Å²) in [5.74, 6) is -1.55. The molecule has 0 radical (unpaired) electrons. The number of para-hydroxylation sites is 1. The SMILES string of the molecule is COc1cccc(C(=O)OC(C)C(=O)Nc2nc(-c3ccccc3)cs2)c1O. The van der Waals surface area contributed by atoms with Gasteiger partial charge in [-0.1, -0.05) is 36.4 Å². The second kappa shape index (κ2) is 8.53. The van der Waals surface area contributed by atoms with Crippen LogP contribution in [0.3, 0.4) is 0 Å². The van der Waals surface area contributed by atoms with Crippen LogP contribution in [0.4, 0.5) is 5.13 Å². The van der Waals surface area contributed by atoms with E-state index in [1.54, 1.807) is 6.07 Å². The van der Waals surface area contributed by atoms with Crippen molar-refractivity contribution in [2.75, 3.05) is 12.4 Å². The van der Waals surface area contributed by atoms with E-state index in [2.05, 4.69) is 10.3 Å². The molecule has 0 bridgehead atoms. The van der Waals surface area contributed by atoms with Crippen molar-refractivity contribution in [1.29, 1.82) is 0 Å². The van der Waals surface area contributed by atoms with Crippen molar-refractivity contribution in [3.8, 4) is 22.8 Å². The predicted octanol–water partition coefficient (Wildman–Crippen LogP) is 3.71. The Hall–Kier alpha value is -3.39. The minimum atomic E-state index is -1.08. The predicted molar refractivity (Wildman–Crippen MR) is 106 cm³/mol. The van der Waals surface area contributed by atoms with Crippen molar-refractivity contribution in [3.05, 3.63) is 59.5 Å². The number of esters is 1. The lowest BCUT2D eigenvalue weighted by Crippen LogP contribution is -2.30. The maximum absolute atomic E-state index is 12.3. The van der Waals surface area contributed by atoms with Crippen molar-refractivity contribution in [1.82, 2.24) is 4.98 Å². The fraction of sp³-hybridized carbons (Fsp3) is 0.150. The molecule has 3 rings (SSSR count). The van der Waals surface area contributed by atoms with Crippen molar-refractivity contribution >= 4 is 28.3 Å². The van der Waals surface area contributed by atoms with Gasteiger partial charge in [-0.15, -0.1) is 11.3 Å². The highest BCUT2D eigenvalue weighted by Gasteiger charge is 2.23. The second-order valence-corrected chi connectivity index (χ2v) is 6.66. The molecule has 0 spiro atoms. The van der Waals surface area contributed by atoms with Gasteiger partial charge in [0.1, 0.15) is 5.56 Å². The molecular formula is C20H18N2O5S. The number of phenolic OH excluding ortho intramolecular Hbond substituents is 1. The summed E-state index contributed by atoms with van der Waals surface area (Å²) in [4.78, 5) is 29.0. The van der Waals surface area contributed by atoms with Gasteiger partial charge >= 0.3 is 5.97 Å². The van der Waals surface area contributed by atoms with Gasteiger partial charge in [-0.05, 0) is 19.1 Å². The van der Waals surface area contributed by atoms with Crippen molar-refractivity contribution in [3.63, 3.8) is 0 Å². The number of hydrogen-bond acceptors (Lipinski definition) is 7. The number of aromatic nitrogens is 1. The lowest BCUT2D eigenvalue weighted by molar-refractivity contribution is -0.123. The molecule has 2 N–H and O–H groups in total. The molecule has 8 heteroatoms. The number of thiazole rings is 1. The van der Waals surface area contributed by atoms with E-state index in [0.29, 0.717) is 5.13 Å². The molecule has 144 valence electrons. The minimum absolute atomic E-state index is 0.0837. The molecule has 3 aromatic rings. The van der Waals surface area contributed by atoms with E-state index in [9.17, 15) is 14.7 Å². The first kappa shape index (κ1) is 19.4. The quantitative estimate of drug-likeness (QED) is 0.615. The molecule has 0 fully saturated rings. The number of carbonyl (C=O) groups excluding carboxylic acids is 2. The third kappa shape index (κ3) is 4.29. The Bertz CT molecular complexity index is 987. The summed E-state index contributed by atoms with van der Waals surface area (Å²) in [6, 6.07) is 14.0. The zero-order valence-corrected chi connectivity index (χ0v) is 16.0. The normalized spacial score (nSPS) is 11.5. The molecule has 0 saturated heterocycles.